The Balaban J connectivity index is 0.00000220. The van der Waals surface area contributed by atoms with E-state index >= 15 is 0 Å². The Morgan fingerprint density at radius 1 is 0.857 bits per heavy atom. The van der Waals surface area contributed by atoms with Gasteiger partial charge in [-0.15, -0.1) is 11.8 Å². The van der Waals surface area contributed by atoms with Gasteiger partial charge < -0.3 is 27.6 Å². The van der Waals surface area contributed by atoms with Crippen molar-refractivity contribution in [1.82, 2.24) is 0 Å². The van der Waals surface area contributed by atoms with Crippen molar-refractivity contribution in [2.24, 2.45) is 17.8 Å². The molecule has 2 fully saturated rings. The van der Waals surface area contributed by atoms with E-state index in [4.69, 9.17) is 12.0 Å². The molecule has 4 unspecified atom stereocenters. The van der Waals surface area contributed by atoms with E-state index in [9.17, 15) is 0 Å². The molecule has 1 heterocycles. The van der Waals surface area contributed by atoms with Gasteiger partial charge in [0.2, 0.25) is 0 Å². The number of rotatable bonds is 8. The molecule has 3 heteroatoms. The normalized spacial score (nSPS) is 21.9. The average Bonchev–Trinajstić information content (AvgIpc) is 2.96. The molecule has 4 atom stereocenters. The Morgan fingerprint density at radius 2 is 1.48 bits per heavy atom. The zero-order valence-corrected chi connectivity index (χ0v) is 31.2. The largest absolute Gasteiger partial charge is 4.00 e. The van der Waals surface area contributed by atoms with E-state index in [0.29, 0.717) is 11.8 Å². The van der Waals surface area contributed by atoms with Crippen LogP contribution in [0.25, 0.3) is 5.32 Å². The van der Waals surface area contributed by atoms with Crippen molar-refractivity contribution in [2.45, 2.75) is 97.4 Å². The number of fused-ring (bicyclic) bond motifs is 1. The maximum absolute atomic E-state index is 5.65. The fourth-order valence-corrected chi connectivity index (χ4v) is 7.53. The molecule has 0 saturated heterocycles. The first-order valence-electron chi connectivity index (χ1n) is 15.3. The van der Waals surface area contributed by atoms with Gasteiger partial charge in [0.25, 0.3) is 0 Å². The Kier molecular flexibility index (Phi) is 15.8. The molecule has 0 spiro atoms. The van der Waals surface area contributed by atoms with E-state index in [0.717, 1.165) is 24.7 Å². The topological polar surface area (TPSA) is 17.1 Å². The summed E-state index contributed by atoms with van der Waals surface area (Å²) in [6.07, 6.45) is 18.6. The molecule has 0 radical (unpaired) electrons. The van der Waals surface area contributed by atoms with Gasteiger partial charge in [-0.05, 0) is 48.6 Å². The zero-order valence-electron chi connectivity index (χ0n) is 27.6. The van der Waals surface area contributed by atoms with Crippen LogP contribution < -0.4 is 0 Å². The summed E-state index contributed by atoms with van der Waals surface area (Å²) in [4.78, 5) is 0. The summed E-state index contributed by atoms with van der Waals surface area (Å²) < 4.78 is 2.30. The molecule has 42 heavy (non-hydrogen) atoms. The van der Waals surface area contributed by atoms with Crippen molar-refractivity contribution >= 4 is 12.4 Å². The minimum Gasteiger partial charge on any atom is -0.677 e. The van der Waals surface area contributed by atoms with Crippen LogP contribution in [0.1, 0.15) is 107 Å². The molecule has 2 aliphatic carbocycles. The number of hydrogen-bond acceptors (Lipinski definition) is 0. The van der Waals surface area contributed by atoms with Crippen molar-refractivity contribution in [3.05, 3.63) is 122 Å². The van der Waals surface area contributed by atoms with E-state index < -0.39 is 0 Å². The van der Waals surface area contributed by atoms with E-state index in [2.05, 4.69) is 93.0 Å². The van der Waals surface area contributed by atoms with Crippen LogP contribution in [0.15, 0.2) is 66.4 Å². The van der Waals surface area contributed by atoms with Crippen LogP contribution in [-0.2, 0) is 38.7 Å². The van der Waals surface area contributed by atoms with Crippen molar-refractivity contribution in [3.63, 3.8) is 0 Å². The molecule has 2 aromatic carbocycles. The molecule has 226 valence electrons. The summed E-state index contributed by atoms with van der Waals surface area (Å²) in [5, 5.41) is 5.65. The molecule has 2 nitrogen and oxygen atoms in total. The van der Waals surface area contributed by atoms with Crippen LogP contribution in [0, 0.1) is 46.1 Å². The molecule has 1 aliphatic heterocycles. The first-order chi connectivity index (χ1) is 18.5. The Morgan fingerprint density at radius 3 is 2.12 bits per heavy atom. The summed E-state index contributed by atoms with van der Waals surface area (Å²) >= 11 is 0. The van der Waals surface area contributed by atoms with Gasteiger partial charge in [0.15, 0.2) is 0 Å². The molecule has 2 saturated carbocycles. The van der Waals surface area contributed by atoms with Gasteiger partial charge in [0.1, 0.15) is 6.04 Å². The van der Waals surface area contributed by atoms with Gasteiger partial charge in [0, 0.05) is 5.92 Å². The number of para-hydroxylation sites is 1. The van der Waals surface area contributed by atoms with Crippen LogP contribution in [0.5, 0.6) is 0 Å². The fourth-order valence-electron chi connectivity index (χ4n) is 7.53. The van der Waals surface area contributed by atoms with E-state index in [1.165, 1.54) is 84.6 Å². The maximum atomic E-state index is 5.65. The molecular formula is C39H56HfN2. The van der Waals surface area contributed by atoms with Crippen molar-refractivity contribution in [2.75, 3.05) is 0 Å². The SMILES string of the molecule is C=[N+]1C(C([N-]c2c(CC)cccc2CC)c2ccccc2C(C)C)=CC=C[C-]1C1CCCC2CCCCC21.[CH3-].[CH3-].[CH3-].[Hf+4]. The average molecular weight is 731 g/mol. The monoisotopic (exact) mass is 732 g/mol. The predicted molar refractivity (Wildman–Crippen MR) is 181 cm³/mol. The Bertz CT molecular complexity index is 1170. The standard InChI is InChI=1S/C36H47N2.3CH3.Hf/c1-6-26-16-12-17-27(7-2)35(26)37-36(32-21-11-10-19-29(32)25(3)4)34-24-14-23-33(38(34)5)31-22-13-18-28-15-8-9-20-30(28)31;;;;/h10-12,14,16-17,19,21,23-25,28,30-31,36H,5-9,13,15,18,20,22H2,1-4H3;3*1H3;/q4*-1;+4. The van der Waals surface area contributed by atoms with Crippen LogP contribution in [-0.4, -0.2) is 11.3 Å². The van der Waals surface area contributed by atoms with Crippen molar-refractivity contribution < 1.29 is 30.4 Å². The fraction of sp³-hybridized carbons (Fsp3) is 0.462. The molecular weight excluding hydrogens is 675 g/mol. The van der Waals surface area contributed by atoms with Crippen molar-refractivity contribution in [1.29, 1.82) is 0 Å². The van der Waals surface area contributed by atoms with Gasteiger partial charge >= 0.3 is 25.8 Å². The second kappa shape index (κ2) is 17.4. The Labute approximate surface area is 279 Å². The van der Waals surface area contributed by atoms with Crippen LogP contribution >= 0.6 is 0 Å². The summed E-state index contributed by atoms with van der Waals surface area (Å²) in [5.74, 6) is 2.75. The first-order valence-corrected chi connectivity index (χ1v) is 15.3. The van der Waals surface area contributed by atoms with Gasteiger partial charge in [-0.1, -0.05) is 138 Å². The quantitative estimate of drug-likeness (QED) is 0.146. The van der Waals surface area contributed by atoms with Gasteiger partial charge in [0.05, 0.1) is 12.4 Å². The third-order valence-electron chi connectivity index (χ3n) is 9.53. The summed E-state index contributed by atoms with van der Waals surface area (Å²) in [5.41, 5.74) is 7.74. The minimum atomic E-state index is -0.0882. The van der Waals surface area contributed by atoms with Crippen molar-refractivity contribution in [3.8, 4) is 0 Å². The number of benzene rings is 2. The van der Waals surface area contributed by atoms with Crippen LogP contribution in [0.4, 0.5) is 5.69 Å². The summed E-state index contributed by atoms with van der Waals surface area (Å²) in [6, 6.07) is 17.0. The second-order valence-electron chi connectivity index (χ2n) is 12.0. The molecule has 0 amide bonds. The molecule has 0 bridgehead atoms. The smallest absolute Gasteiger partial charge is 0.677 e. The van der Waals surface area contributed by atoms with E-state index in [1.807, 2.05) is 0 Å². The van der Waals surface area contributed by atoms with Crippen LogP contribution in [0.2, 0.25) is 0 Å². The molecule has 5 rings (SSSR count). The van der Waals surface area contributed by atoms with E-state index in [-0.39, 0.29) is 54.2 Å². The summed E-state index contributed by atoms with van der Waals surface area (Å²) in [7, 11) is 0. The third kappa shape index (κ3) is 7.79. The molecule has 2 aromatic rings. The zero-order chi connectivity index (χ0) is 26.6. The van der Waals surface area contributed by atoms with E-state index in [1.54, 1.807) is 0 Å². The van der Waals surface area contributed by atoms with Gasteiger partial charge in [-0.2, -0.15) is 0 Å². The third-order valence-corrected chi connectivity index (χ3v) is 9.53. The summed E-state index contributed by atoms with van der Waals surface area (Å²) in [6.45, 7) is 13.8. The molecule has 3 aliphatic rings. The number of hydrogen-bond donors (Lipinski definition) is 0. The molecule has 0 N–H and O–H groups in total. The number of allylic oxidation sites excluding steroid dienone is 2. The number of aryl methyl sites for hydroxylation is 2. The van der Waals surface area contributed by atoms with Crippen LogP contribution in [0.3, 0.4) is 0 Å². The molecule has 0 aromatic heterocycles. The van der Waals surface area contributed by atoms with Gasteiger partial charge in [-0.25, -0.2) is 0 Å². The Hall–Kier alpha value is -1.87. The van der Waals surface area contributed by atoms with Gasteiger partial charge in [-0.3, -0.25) is 4.58 Å². The second-order valence-corrected chi connectivity index (χ2v) is 12.0. The maximum Gasteiger partial charge on any atom is 4.00 e. The first kappa shape index (κ1) is 38.2. The predicted octanol–water partition coefficient (Wildman–Crippen LogP) is 11.3. The number of nitrogens with zero attached hydrogens (tertiary/aromatic N) is 2. The minimum absolute atomic E-state index is 0.